The summed E-state index contributed by atoms with van der Waals surface area (Å²) in [5, 5.41) is 5.96. The highest BCUT2D eigenvalue weighted by Gasteiger charge is 2.25. The molecule has 1 heterocycles. The molecule has 0 fully saturated rings. The lowest BCUT2D eigenvalue weighted by Gasteiger charge is -2.20. The van der Waals surface area contributed by atoms with Gasteiger partial charge in [-0.2, -0.15) is 8.42 Å². The number of hydrogen-bond donors (Lipinski definition) is 2. The monoisotopic (exact) mass is 351 g/mol. The van der Waals surface area contributed by atoms with Gasteiger partial charge in [-0.05, 0) is 24.5 Å². The molecule has 132 valence electrons. The van der Waals surface area contributed by atoms with Gasteiger partial charge in [0, 0.05) is 19.4 Å². The topological polar surface area (TPSA) is 87.6 Å². The van der Waals surface area contributed by atoms with Crippen molar-refractivity contribution in [2.45, 2.75) is 50.8 Å². The lowest BCUT2D eigenvalue weighted by molar-refractivity contribution is -0.121. The molecule has 7 heteroatoms. The number of sulfonamides is 1. The van der Waals surface area contributed by atoms with Crippen LogP contribution in [0.15, 0.2) is 33.6 Å². The molecule has 1 aromatic carbocycles. The molecule has 6 nitrogen and oxygen atoms in total. The largest absolute Gasteiger partial charge is 0.356 e. The Morgan fingerprint density at radius 1 is 1.29 bits per heavy atom. The van der Waals surface area contributed by atoms with Crippen LogP contribution in [0.4, 0.5) is 5.69 Å². The highest BCUT2D eigenvalue weighted by molar-refractivity contribution is 7.90. The van der Waals surface area contributed by atoms with Gasteiger partial charge in [-0.25, -0.2) is 0 Å². The van der Waals surface area contributed by atoms with Crippen molar-refractivity contribution in [1.82, 2.24) is 5.32 Å². The van der Waals surface area contributed by atoms with Crippen molar-refractivity contribution in [3.05, 3.63) is 24.3 Å². The molecule has 2 rings (SSSR count). The van der Waals surface area contributed by atoms with E-state index in [0.717, 1.165) is 19.3 Å². The molecule has 1 atom stereocenters. The summed E-state index contributed by atoms with van der Waals surface area (Å²) in [6.45, 7) is 4.73. The number of rotatable bonds is 8. The highest BCUT2D eigenvalue weighted by atomic mass is 32.2. The molecule has 0 aliphatic carbocycles. The highest BCUT2D eigenvalue weighted by Crippen LogP contribution is 2.28. The number of nitrogens with one attached hydrogen (secondary N) is 2. The zero-order chi connectivity index (χ0) is 17.6. The van der Waals surface area contributed by atoms with Crippen LogP contribution in [-0.4, -0.2) is 26.7 Å². The van der Waals surface area contributed by atoms with Gasteiger partial charge in [0.25, 0.3) is 10.0 Å². The molecule has 1 aliphatic rings. The number of carbonyl (C=O) groups excluding carboxylic acids is 1. The molecule has 0 spiro atoms. The van der Waals surface area contributed by atoms with E-state index in [1.807, 2.05) is 6.92 Å². The maximum atomic E-state index is 12.2. The zero-order valence-electron chi connectivity index (χ0n) is 14.2. The Hall–Kier alpha value is -1.89. The van der Waals surface area contributed by atoms with E-state index in [-0.39, 0.29) is 16.7 Å². The number of nitrogens with zero attached hydrogens (tertiary/aromatic N) is 1. The lowest BCUT2D eigenvalue weighted by atomic mass is 10.0. The third kappa shape index (κ3) is 5.06. The molecule has 0 saturated carbocycles. The molecule has 0 aromatic heterocycles. The number of amidine groups is 1. The quantitative estimate of drug-likeness (QED) is 0.705. The number of hydrogen-bond acceptors (Lipinski definition) is 4. The van der Waals surface area contributed by atoms with E-state index in [2.05, 4.69) is 22.0 Å². The lowest BCUT2D eigenvalue weighted by Crippen LogP contribution is -2.28. The van der Waals surface area contributed by atoms with Crippen LogP contribution in [0.5, 0.6) is 0 Å². The predicted molar refractivity (Wildman–Crippen MR) is 95.6 cm³/mol. The summed E-state index contributed by atoms with van der Waals surface area (Å²) < 4.78 is 28.2. The normalized spacial score (nSPS) is 16.5. The minimum atomic E-state index is -3.66. The number of amides is 1. The molecule has 1 aliphatic heterocycles. The fourth-order valence-corrected chi connectivity index (χ4v) is 3.81. The van der Waals surface area contributed by atoms with E-state index in [0.29, 0.717) is 30.9 Å². The van der Waals surface area contributed by atoms with Crippen molar-refractivity contribution in [3.8, 4) is 0 Å². The summed E-state index contributed by atoms with van der Waals surface area (Å²) in [5.41, 5.74) is 0.540. The van der Waals surface area contributed by atoms with Crippen LogP contribution >= 0.6 is 0 Å². The van der Waals surface area contributed by atoms with Gasteiger partial charge in [-0.3, -0.25) is 4.79 Å². The summed E-state index contributed by atoms with van der Waals surface area (Å²) in [6, 6.07) is 6.69. The molecule has 1 aromatic rings. The average Bonchev–Trinajstić information content (AvgIpc) is 2.51. The molecule has 2 N–H and O–H groups in total. The second-order valence-electron chi connectivity index (χ2n) is 6.20. The van der Waals surface area contributed by atoms with Crippen molar-refractivity contribution < 1.29 is 13.2 Å². The first-order valence-electron chi connectivity index (χ1n) is 8.39. The first-order chi connectivity index (χ1) is 11.4. The molecule has 0 radical (unpaired) electrons. The Bertz CT molecular complexity index is 714. The van der Waals surface area contributed by atoms with Gasteiger partial charge in [0.1, 0.15) is 10.7 Å². The Kier molecular flexibility index (Phi) is 6.36. The summed E-state index contributed by atoms with van der Waals surface area (Å²) in [5.74, 6) is 0.390. The first kappa shape index (κ1) is 18.4. The average molecular weight is 351 g/mol. The van der Waals surface area contributed by atoms with Gasteiger partial charge in [-0.1, -0.05) is 38.8 Å². The second-order valence-corrected chi connectivity index (χ2v) is 7.78. The van der Waals surface area contributed by atoms with Gasteiger partial charge in [0.15, 0.2) is 0 Å². The van der Waals surface area contributed by atoms with E-state index in [1.54, 1.807) is 18.2 Å². The van der Waals surface area contributed by atoms with Gasteiger partial charge >= 0.3 is 0 Å². The Balaban J connectivity index is 1.90. The van der Waals surface area contributed by atoms with Crippen molar-refractivity contribution in [1.29, 1.82) is 0 Å². The van der Waals surface area contributed by atoms with Crippen LogP contribution in [0.25, 0.3) is 0 Å². The second kappa shape index (κ2) is 8.28. The summed E-state index contributed by atoms with van der Waals surface area (Å²) in [7, 11) is -3.66. The molecule has 0 saturated heterocycles. The Morgan fingerprint density at radius 3 is 2.79 bits per heavy atom. The van der Waals surface area contributed by atoms with Crippen LogP contribution in [0.3, 0.4) is 0 Å². The fourth-order valence-electron chi connectivity index (χ4n) is 2.65. The SMILES string of the molecule is CCCCCNC(=O)CC(C)CC1=NS(=O)(=O)c2ccccc2N1. The molecular weight excluding hydrogens is 326 g/mol. The number of fused-ring (bicyclic) bond motifs is 1. The van der Waals surface area contributed by atoms with Crippen LogP contribution in [0.2, 0.25) is 0 Å². The van der Waals surface area contributed by atoms with Crippen LogP contribution in [0.1, 0.15) is 46.0 Å². The smallest absolute Gasteiger partial charge is 0.286 e. The third-order valence-electron chi connectivity index (χ3n) is 3.85. The van der Waals surface area contributed by atoms with Gasteiger partial charge in [0.05, 0.1) is 5.69 Å². The van der Waals surface area contributed by atoms with E-state index >= 15 is 0 Å². The van der Waals surface area contributed by atoms with E-state index < -0.39 is 10.0 Å². The van der Waals surface area contributed by atoms with E-state index in [9.17, 15) is 13.2 Å². The van der Waals surface area contributed by atoms with E-state index in [4.69, 9.17) is 0 Å². The number of unbranched alkanes of at least 4 members (excludes halogenated alkanes) is 2. The van der Waals surface area contributed by atoms with E-state index in [1.165, 1.54) is 6.07 Å². The summed E-state index contributed by atoms with van der Waals surface area (Å²) >= 11 is 0. The molecule has 24 heavy (non-hydrogen) atoms. The number of carbonyl (C=O) groups is 1. The first-order valence-corrected chi connectivity index (χ1v) is 9.83. The van der Waals surface area contributed by atoms with Crippen molar-refractivity contribution in [3.63, 3.8) is 0 Å². The summed E-state index contributed by atoms with van der Waals surface area (Å²) in [6.07, 6.45) is 3.98. The summed E-state index contributed by atoms with van der Waals surface area (Å²) in [4.78, 5) is 12.1. The molecular formula is C17H25N3O3S. The standard InChI is InChI=1S/C17H25N3O3S/c1-3-4-7-10-18-17(21)12-13(2)11-16-19-14-8-5-6-9-15(14)24(22,23)20-16/h5-6,8-9,13H,3-4,7,10-12H2,1-2H3,(H,18,21)(H,19,20). The van der Waals surface area contributed by atoms with Gasteiger partial charge in [0.2, 0.25) is 5.91 Å². The molecule has 0 bridgehead atoms. The Morgan fingerprint density at radius 2 is 2.04 bits per heavy atom. The minimum Gasteiger partial charge on any atom is -0.356 e. The van der Waals surface area contributed by atoms with Crippen LogP contribution < -0.4 is 10.6 Å². The molecule has 1 unspecified atom stereocenters. The number of anilines is 1. The predicted octanol–water partition coefficient (Wildman–Crippen LogP) is 2.92. The van der Waals surface area contributed by atoms with Crippen LogP contribution in [0, 0.1) is 5.92 Å². The molecule has 1 amide bonds. The number of benzene rings is 1. The zero-order valence-corrected chi connectivity index (χ0v) is 15.0. The van der Waals surface area contributed by atoms with Crippen molar-refractivity contribution in [2.24, 2.45) is 10.3 Å². The number of para-hydroxylation sites is 1. The van der Waals surface area contributed by atoms with Gasteiger partial charge in [-0.15, -0.1) is 4.40 Å². The third-order valence-corrected chi connectivity index (χ3v) is 5.23. The maximum absolute atomic E-state index is 12.2. The fraction of sp³-hybridized carbons (Fsp3) is 0.529. The van der Waals surface area contributed by atoms with Crippen molar-refractivity contribution in [2.75, 3.05) is 11.9 Å². The Labute approximate surface area is 143 Å². The minimum absolute atomic E-state index is 0.00160. The van der Waals surface area contributed by atoms with Crippen LogP contribution in [-0.2, 0) is 14.8 Å². The van der Waals surface area contributed by atoms with Crippen molar-refractivity contribution >= 4 is 27.5 Å². The maximum Gasteiger partial charge on any atom is 0.286 e. The van der Waals surface area contributed by atoms with Gasteiger partial charge < -0.3 is 10.6 Å².